The van der Waals surface area contributed by atoms with E-state index in [2.05, 4.69) is 41.9 Å². The highest BCUT2D eigenvalue weighted by Crippen LogP contribution is 2.40. The maximum atomic E-state index is 13.6. The van der Waals surface area contributed by atoms with Crippen molar-refractivity contribution < 1.29 is 23.6 Å². The second-order valence-corrected chi connectivity index (χ2v) is 18.1. The molecule has 3 N–H and O–H groups in total. The summed E-state index contributed by atoms with van der Waals surface area (Å²) in [5.41, 5.74) is 4.46. The molecule has 7 rings (SSSR count). The summed E-state index contributed by atoms with van der Waals surface area (Å²) < 4.78 is 31.9. The monoisotopic (exact) mass is 800 g/mol. The average Bonchev–Trinajstić information content (AvgIpc) is 3.63. The molecular weight excluding hydrogens is 756 g/mol. The summed E-state index contributed by atoms with van der Waals surface area (Å²) in [4.78, 5) is 29.3. The number of hydrogen-bond donors (Lipinski definition) is 3. The maximum absolute atomic E-state index is 13.6. The van der Waals surface area contributed by atoms with Gasteiger partial charge in [0, 0.05) is 67.5 Å². The number of rotatable bonds is 14. The fourth-order valence-corrected chi connectivity index (χ4v) is 7.51. The molecule has 1 aliphatic heterocycles. The van der Waals surface area contributed by atoms with Crippen molar-refractivity contribution in [1.82, 2.24) is 29.6 Å². The summed E-state index contributed by atoms with van der Waals surface area (Å²) in [6, 6.07) is 25.1. The molecule has 4 heterocycles. The van der Waals surface area contributed by atoms with Crippen molar-refractivity contribution in [3.8, 4) is 29.1 Å². The standard InChI is InChI=1S/C42H45N10O5P/c1-28(2)36-25-38(52(50-36)32-8-5-7-29(22-32)27-58(3,4)54)48-42(53)47-35-10-11-37(34-9-6-13-44-40(34)35)57-39-12-14-45-41(49-39)46-31-21-30(26-43)23-33(24-31)56-20-17-51-15-18-55-19-16-51/h5-14,21-25,28H,15-20,27H2,1-4H3,(H,45,46,49)(H2,47,48,53). The Hall–Kier alpha value is -6.33. The first-order chi connectivity index (χ1) is 28.0. The quantitative estimate of drug-likeness (QED) is 0.0900. The molecule has 1 saturated heterocycles. The molecule has 0 atom stereocenters. The van der Waals surface area contributed by atoms with Gasteiger partial charge in [-0.2, -0.15) is 15.3 Å². The van der Waals surface area contributed by atoms with Crippen LogP contribution in [-0.2, 0) is 15.5 Å². The Morgan fingerprint density at radius 3 is 2.62 bits per heavy atom. The summed E-state index contributed by atoms with van der Waals surface area (Å²) >= 11 is 0. The molecule has 1 aliphatic rings. The van der Waals surface area contributed by atoms with Crippen LogP contribution >= 0.6 is 7.14 Å². The zero-order valence-corrected chi connectivity index (χ0v) is 33.7. The van der Waals surface area contributed by atoms with E-state index in [9.17, 15) is 14.6 Å². The normalized spacial score (nSPS) is 13.2. The molecule has 0 saturated carbocycles. The lowest BCUT2D eigenvalue weighted by Crippen LogP contribution is -2.38. The van der Waals surface area contributed by atoms with Gasteiger partial charge in [0.2, 0.25) is 11.8 Å². The third-order valence-electron chi connectivity index (χ3n) is 9.17. The molecule has 0 spiro atoms. The Kier molecular flexibility index (Phi) is 12.3. The van der Waals surface area contributed by atoms with Crippen LogP contribution in [0.25, 0.3) is 16.6 Å². The lowest BCUT2D eigenvalue weighted by Gasteiger charge is -2.26. The van der Waals surface area contributed by atoms with E-state index >= 15 is 0 Å². The molecule has 16 heteroatoms. The zero-order valence-electron chi connectivity index (χ0n) is 32.8. The van der Waals surface area contributed by atoms with Crippen LogP contribution in [0.15, 0.2) is 91.3 Å². The number of carbonyl (C=O) groups is 1. The summed E-state index contributed by atoms with van der Waals surface area (Å²) in [5, 5.41) is 24.2. The van der Waals surface area contributed by atoms with E-state index in [-0.39, 0.29) is 17.7 Å². The van der Waals surface area contributed by atoms with E-state index in [0.29, 0.717) is 71.1 Å². The molecule has 3 aromatic heterocycles. The molecular formula is C42H45N10O5P. The first-order valence-electron chi connectivity index (χ1n) is 18.9. The number of anilines is 4. The predicted octanol–water partition coefficient (Wildman–Crippen LogP) is 8.22. The molecule has 0 unspecified atom stereocenters. The molecule has 0 radical (unpaired) electrons. The Morgan fingerprint density at radius 1 is 0.983 bits per heavy atom. The van der Waals surface area contributed by atoms with Crippen LogP contribution in [0.1, 0.15) is 36.6 Å². The second kappa shape index (κ2) is 17.9. The molecule has 1 fully saturated rings. The van der Waals surface area contributed by atoms with Gasteiger partial charge < -0.3 is 29.4 Å². The summed E-state index contributed by atoms with van der Waals surface area (Å²) in [7, 11) is -2.30. The van der Waals surface area contributed by atoms with Crippen molar-refractivity contribution in [2.75, 3.05) is 68.7 Å². The van der Waals surface area contributed by atoms with Gasteiger partial charge in [-0.15, -0.1) is 0 Å². The van der Waals surface area contributed by atoms with E-state index in [0.717, 1.165) is 36.6 Å². The molecule has 0 aliphatic carbocycles. The average molecular weight is 801 g/mol. The first kappa shape index (κ1) is 39.9. The van der Waals surface area contributed by atoms with Gasteiger partial charge in [0.05, 0.1) is 54.6 Å². The first-order valence-corrected chi connectivity index (χ1v) is 21.7. The minimum absolute atomic E-state index is 0.111. The maximum Gasteiger partial charge on any atom is 0.324 e. The number of aromatic nitrogens is 5. The molecule has 2 amide bonds. The van der Waals surface area contributed by atoms with Crippen molar-refractivity contribution in [2.45, 2.75) is 25.9 Å². The lowest BCUT2D eigenvalue weighted by molar-refractivity contribution is 0.0322. The molecule has 15 nitrogen and oxygen atoms in total. The number of nitrogens with one attached hydrogen (secondary N) is 3. The Balaban J connectivity index is 1.05. The van der Waals surface area contributed by atoms with Gasteiger partial charge in [-0.05, 0) is 73.3 Å². The van der Waals surface area contributed by atoms with Gasteiger partial charge in [0.1, 0.15) is 23.9 Å². The van der Waals surface area contributed by atoms with Gasteiger partial charge in [0.25, 0.3) is 0 Å². The fraction of sp³-hybridized carbons (Fsp3) is 0.286. The number of amides is 2. The van der Waals surface area contributed by atoms with Gasteiger partial charge in [0.15, 0.2) is 0 Å². The molecule has 3 aromatic carbocycles. The van der Waals surface area contributed by atoms with Crippen LogP contribution in [0.2, 0.25) is 0 Å². The van der Waals surface area contributed by atoms with E-state index in [1.54, 1.807) is 72.9 Å². The Morgan fingerprint density at radius 2 is 1.83 bits per heavy atom. The third kappa shape index (κ3) is 10.3. The molecule has 0 bridgehead atoms. The number of morpholine rings is 1. The summed E-state index contributed by atoms with van der Waals surface area (Å²) in [6.45, 7) is 12.0. The molecule has 58 heavy (non-hydrogen) atoms. The lowest BCUT2D eigenvalue weighted by atomic mass is 10.1. The number of nitrogens with zero attached hydrogens (tertiary/aromatic N) is 7. The largest absolute Gasteiger partial charge is 0.492 e. The minimum Gasteiger partial charge on any atom is -0.492 e. The van der Waals surface area contributed by atoms with Crippen LogP contribution in [0.4, 0.5) is 27.9 Å². The minimum atomic E-state index is -2.30. The Bertz CT molecular complexity index is 2510. The predicted molar refractivity (Wildman–Crippen MR) is 224 cm³/mol. The van der Waals surface area contributed by atoms with Gasteiger partial charge >= 0.3 is 6.03 Å². The number of nitriles is 1. The van der Waals surface area contributed by atoms with Gasteiger partial charge in [-0.3, -0.25) is 15.2 Å². The number of pyridine rings is 1. The number of fused-ring (bicyclic) bond motifs is 1. The topological polar surface area (TPSA) is 181 Å². The summed E-state index contributed by atoms with van der Waals surface area (Å²) in [5.74, 6) is 2.13. The number of ether oxygens (including phenoxy) is 3. The van der Waals surface area contributed by atoms with Crippen LogP contribution < -0.4 is 25.4 Å². The van der Waals surface area contributed by atoms with Crippen molar-refractivity contribution in [3.63, 3.8) is 0 Å². The van der Waals surface area contributed by atoms with Crippen LogP contribution in [0, 0.1) is 11.3 Å². The number of urea groups is 1. The molecule has 6 aromatic rings. The SMILES string of the molecule is CC(C)c1cc(NC(=O)Nc2ccc(Oc3ccnc(Nc4cc(C#N)cc(OCCN5CCOCC5)c4)n3)c3cccnc23)n(-c2cccc(CP(C)(C)=O)c2)n1. The number of carbonyl (C=O) groups excluding carboxylic acids is 1. The number of benzene rings is 3. The number of hydrogen-bond acceptors (Lipinski definition) is 12. The second-order valence-electron chi connectivity index (χ2n) is 14.6. The van der Waals surface area contributed by atoms with Crippen molar-refractivity contribution >= 4 is 47.2 Å². The van der Waals surface area contributed by atoms with Gasteiger partial charge in [-0.25, -0.2) is 14.5 Å². The highest BCUT2D eigenvalue weighted by Gasteiger charge is 2.18. The zero-order chi connectivity index (χ0) is 40.6. The van der Waals surface area contributed by atoms with Gasteiger partial charge in [-0.1, -0.05) is 26.0 Å². The fourth-order valence-electron chi connectivity index (χ4n) is 6.44. The highest BCUT2D eigenvalue weighted by atomic mass is 31.2. The van der Waals surface area contributed by atoms with E-state index in [1.807, 2.05) is 50.2 Å². The van der Waals surface area contributed by atoms with Crippen molar-refractivity contribution in [2.24, 2.45) is 0 Å². The highest BCUT2D eigenvalue weighted by molar-refractivity contribution is 7.61. The van der Waals surface area contributed by atoms with Crippen LogP contribution in [0.5, 0.6) is 17.4 Å². The summed E-state index contributed by atoms with van der Waals surface area (Å²) in [6.07, 6.45) is 3.67. The van der Waals surface area contributed by atoms with Crippen LogP contribution in [-0.4, -0.2) is 88.4 Å². The van der Waals surface area contributed by atoms with Crippen molar-refractivity contribution in [1.29, 1.82) is 5.26 Å². The van der Waals surface area contributed by atoms with E-state index in [4.69, 9.17) is 19.3 Å². The van der Waals surface area contributed by atoms with Crippen molar-refractivity contribution in [3.05, 3.63) is 108 Å². The Labute approximate surface area is 336 Å². The molecule has 298 valence electrons. The van der Waals surface area contributed by atoms with E-state index < -0.39 is 13.2 Å². The smallest absolute Gasteiger partial charge is 0.324 e. The van der Waals surface area contributed by atoms with Crippen LogP contribution in [0.3, 0.4) is 0 Å². The third-order valence-corrected chi connectivity index (χ3v) is 10.3. The van der Waals surface area contributed by atoms with E-state index in [1.165, 1.54) is 0 Å².